The van der Waals surface area contributed by atoms with Gasteiger partial charge in [0, 0.05) is 0 Å². The van der Waals surface area contributed by atoms with E-state index in [1.807, 2.05) is 0 Å². The van der Waals surface area contributed by atoms with E-state index >= 15 is 0 Å². The highest BCUT2D eigenvalue weighted by atomic mass is 28.4. The van der Waals surface area contributed by atoms with Crippen LogP contribution in [-0.2, 0) is 10.5 Å². The molecule has 1 unspecified atom stereocenters. The zero-order valence-corrected chi connectivity index (χ0v) is 12.8. The van der Waals surface area contributed by atoms with Crippen LogP contribution in [0.4, 0.5) is 0 Å². The molecular formula is C17H20OSi. The molecule has 2 heteroatoms. The maximum absolute atomic E-state index is 6.51. The van der Waals surface area contributed by atoms with Crippen LogP contribution >= 0.6 is 0 Å². The van der Waals surface area contributed by atoms with Gasteiger partial charge >= 0.3 is 0 Å². The van der Waals surface area contributed by atoms with Gasteiger partial charge in [0.2, 0.25) is 0 Å². The van der Waals surface area contributed by atoms with E-state index in [0.717, 1.165) is 6.04 Å². The van der Waals surface area contributed by atoms with Crippen LogP contribution < -0.4 is 0 Å². The van der Waals surface area contributed by atoms with Gasteiger partial charge in [0.25, 0.3) is 0 Å². The molecule has 0 saturated carbocycles. The second-order valence-corrected chi connectivity index (χ2v) is 10.1. The van der Waals surface area contributed by atoms with Crippen molar-refractivity contribution in [2.75, 3.05) is 0 Å². The van der Waals surface area contributed by atoms with E-state index in [1.54, 1.807) is 0 Å². The first-order valence-corrected chi connectivity index (χ1v) is 9.99. The van der Waals surface area contributed by atoms with E-state index in [4.69, 9.17) is 4.43 Å². The second kappa shape index (κ2) is 4.62. The summed E-state index contributed by atoms with van der Waals surface area (Å²) in [6.45, 7) is 6.80. The van der Waals surface area contributed by atoms with Crippen LogP contribution in [0.2, 0.25) is 13.1 Å². The molecule has 3 rings (SSSR count). The highest BCUT2D eigenvalue weighted by Gasteiger charge is 2.35. The van der Waals surface area contributed by atoms with Gasteiger partial charge in [-0.15, -0.1) is 0 Å². The van der Waals surface area contributed by atoms with Crippen molar-refractivity contribution in [2.45, 2.75) is 32.2 Å². The molecule has 1 aliphatic rings. The molecule has 2 aromatic carbocycles. The van der Waals surface area contributed by atoms with Crippen LogP contribution in [0, 0.1) is 6.92 Å². The fourth-order valence-corrected chi connectivity index (χ4v) is 5.16. The molecule has 1 nitrogen and oxygen atoms in total. The summed E-state index contributed by atoms with van der Waals surface area (Å²) in [5.41, 5.74) is 5.45. The molecule has 19 heavy (non-hydrogen) atoms. The molecule has 98 valence electrons. The van der Waals surface area contributed by atoms with Crippen LogP contribution in [0.1, 0.15) is 28.4 Å². The van der Waals surface area contributed by atoms with Crippen LogP contribution in [-0.4, -0.2) is 8.32 Å². The minimum absolute atomic E-state index is 0.118. The maximum atomic E-state index is 6.51. The first-order chi connectivity index (χ1) is 9.07. The number of hydrogen-bond acceptors (Lipinski definition) is 1. The fourth-order valence-electron chi connectivity index (χ4n) is 2.95. The van der Waals surface area contributed by atoms with Gasteiger partial charge in [0.1, 0.15) is 0 Å². The summed E-state index contributed by atoms with van der Waals surface area (Å²) >= 11 is 0. The average molecular weight is 268 g/mol. The van der Waals surface area contributed by atoms with Crippen molar-refractivity contribution in [3.05, 3.63) is 70.8 Å². The molecule has 0 amide bonds. The van der Waals surface area contributed by atoms with E-state index in [9.17, 15) is 0 Å². The summed E-state index contributed by atoms with van der Waals surface area (Å²) in [6, 6.07) is 18.4. The molecule has 2 aromatic rings. The predicted molar refractivity (Wildman–Crippen MR) is 81.7 cm³/mol. The maximum Gasteiger partial charge on any atom is 0.192 e. The van der Waals surface area contributed by atoms with E-state index in [-0.39, 0.29) is 6.10 Å². The molecule has 0 saturated heterocycles. The molecule has 1 aliphatic heterocycles. The van der Waals surface area contributed by atoms with Gasteiger partial charge in [-0.1, -0.05) is 48.5 Å². The smallest absolute Gasteiger partial charge is 0.192 e. The van der Waals surface area contributed by atoms with Crippen LogP contribution in [0.25, 0.3) is 0 Å². The van der Waals surface area contributed by atoms with Gasteiger partial charge in [0.15, 0.2) is 8.32 Å². The molecule has 0 aromatic heterocycles. The summed E-state index contributed by atoms with van der Waals surface area (Å²) in [4.78, 5) is 0. The number of aryl methyl sites for hydroxylation is 1. The first kappa shape index (κ1) is 12.6. The van der Waals surface area contributed by atoms with Crippen molar-refractivity contribution in [3.63, 3.8) is 0 Å². The third-order valence-electron chi connectivity index (χ3n) is 3.86. The Labute approximate surface area is 116 Å². The van der Waals surface area contributed by atoms with Crippen LogP contribution in [0.3, 0.4) is 0 Å². The van der Waals surface area contributed by atoms with E-state index in [2.05, 4.69) is 68.5 Å². The molecular weight excluding hydrogens is 248 g/mol. The lowest BCUT2D eigenvalue weighted by atomic mass is 9.94. The van der Waals surface area contributed by atoms with Gasteiger partial charge in [-0.05, 0) is 48.3 Å². The highest BCUT2D eigenvalue weighted by Crippen LogP contribution is 2.38. The lowest BCUT2D eigenvalue weighted by molar-refractivity contribution is 0.225. The third-order valence-corrected chi connectivity index (χ3v) is 5.97. The largest absolute Gasteiger partial charge is 0.406 e. The Hall–Kier alpha value is -1.38. The zero-order chi connectivity index (χ0) is 13.5. The first-order valence-electron chi connectivity index (χ1n) is 6.88. The molecule has 0 fully saturated rings. The summed E-state index contributed by atoms with van der Waals surface area (Å²) in [7, 11) is -1.61. The summed E-state index contributed by atoms with van der Waals surface area (Å²) in [5, 5.41) is 0. The van der Waals surface area contributed by atoms with Crippen molar-refractivity contribution < 1.29 is 4.43 Å². The standard InChI is InChI=1S/C17H20OSi/c1-13-8-4-6-10-15(13)17-16-11-7-5-9-14(16)12-19(2,3)18-17/h4-11,17H,12H2,1-3H3. The number of rotatable bonds is 1. The molecule has 0 N–H and O–H groups in total. The lowest BCUT2D eigenvalue weighted by Gasteiger charge is -2.37. The van der Waals surface area contributed by atoms with Crippen molar-refractivity contribution in [3.8, 4) is 0 Å². The molecule has 0 aliphatic carbocycles. The minimum Gasteiger partial charge on any atom is -0.406 e. The number of fused-ring (bicyclic) bond motifs is 1. The van der Waals surface area contributed by atoms with E-state index in [1.165, 1.54) is 22.3 Å². The number of benzene rings is 2. The number of hydrogen-bond donors (Lipinski definition) is 0. The van der Waals surface area contributed by atoms with Crippen molar-refractivity contribution in [1.82, 2.24) is 0 Å². The lowest BCUT2D eigenvalue weighted by Crippen LogP contribution is -2.40. The van der Waals surface area contributed by atoms with Crippen LogP contribution in [0.15, 0.2) is 48.5 Å². The van der Waals surface area contributed by atoms with Gasteiger partial charge < -0.3 is 4.43 Å². The van der Waals surface area contributed by atoms with Crippen molar-refractivity contribution >= 4 is 8.32 Å². The third kappa shape index (κ3) is 2.38. The Morgan fingerprint density at radius 2 is 1.58 bits per heavy atom. The zero-order valence-electron chi connectivity index (χ0n) is 11.8. The molecule has 0 radical (unpaired) electrons. The minimum atomic E-state index is -1.61. The Bertz CT molecular complexity index is 604. The highest BCUT2D eigenvalue weighted by molar-refractivity contribution is 6.70. The van der Waals surface area contributed by atoms with Gasteiger partial charge in [0.05, 0.1) is 6.10 Å². The Morgan fingerprint density at radius 1 is 0.947 bits per heavy atom. The van der Waals surface area contributed by atoms with Gasteiger partial charge in [-0.25, -0.2) is 0 Å². The molecule has 0 bridgehead atoms. The summed E-state index contributed by atoms with van der Waals surface area (Å²) < 4.78 is 6.51. The Kier molecular flexibility index (Phi) is 3.07. The van der Waals surface area contributed by atoms with E-state index < -0.39 is 8.32 Å². The van der Waals surface area contributed by atoms with Crippen molar-refractivity contribution in [1.29, 1.82) is 0 Å². The molecule has 1 heterocycles. The Morgan fingerprint density at radius 3 is 2.32 bits per heavy atom. The monoisotopic (exact) mass is 268 g/mol. The molecule has 1 atom stereocenters. The van der Waals surface area contributed by atoms with Crippen LogP contribution in [0.5, 0.6) is 0 Å². The summed E-state index contributed by atoms with van der Waals surface area (Å²) in [5.74, 6) is 0. The molecule has 0 spiro atoms. The summed E-state index contributed by atoms with van der Waals surface area (Å²) in [6.07, 6.45) is 0.118. The van der Waals surface area contributed by atoms with E-state index in [0.29, 0.717) is 0 Å². The predicted octanol–water partition coefficient (Wildman–Crippen LogP) is 4.40. The SMILES string of the molecule is Cc1ccccc1C1O[Si](C)(C)Cc2ccccc21. The van der Waals surface area contributed by atoms with Gasteiger partial charge in [-0.3, -0.25) is 0 Å². The van der Waals surface area contributed by atoms with Gasteiger partial charge in [-0.2, -0.15) is 0 Å². The fraction of sp³-hybridized carbons (Fsp3) is 0.294. The average Bonchev–Trinajstić information content (AvgIpc) is 2.37. The second-order valence-electron chi connectivity index (χ2n) is 5.99. The quantitative estimate of drug-likeness (QED) is 0.696. The van der Waals surface area contributed by atoms with Crippen molar-refractivity contribution in [2.24, 2.45) is 0 Å². The normalized spacial score (nSPS) is 20.9. The Balaban J connectivity index is 2.14. The topological polar surface area (TPSA) is 9.23 Å².